The molecule has 1 atom stereocenters. The van der Waals surface area contributed by atoms with Gasteiger partial charge in [0.1, 0.15) is 5.75 Å². The Bertz CT molecular complexity index is 1150. The minimum atomic E-state index is -0.569. The minimum Gasteiger partial charge on any atom is -0.494 e. The summed E-state index contributed by atoms with van der Waals surface area (Å²) in [6.45, 7) is 2.64. The highest BCUT2D eigenvalue weighted by molar-refractivity contribution is 8.01. The van der Waals surface area contributed by atoms with Gasteiger partial charge in [-0.05, 0) is 53.6 Å². The number of rotatable bonds is 8. The molecule has 0 bridgehead atoms. The van der Waals surface area contributed by atoms with E-state index < -0.39 is 5.25 Å². The second-order valence-corrected chi connectivity index (χ2v) is 8.71. The Morgan fingerprint density at radius 2 is 1.81 bits per heavy atom. The molecule has 0 saturated carbocycles. The van der Waals surface area contributed by atoms with Crippen molar-refractivity contribution in [2.45, 2.75) is 25.0 Å². The van der Waals surface area contributed by atoms with Crippen molar-refractivity contribution in [3.05, 3.63) is 66.7 Å². The van der Waals surface area contributed by atoms with Crippen molar-refractivity contribution in [2.75, 3.05) is 22.6 Å². The molecule has 3 aromatic rings. The van der Waals surface area contributed by atoms with Crippen molar-refractivity contribution in [1.29, 1.82) is 0 Å². The Morgan fingerprint density at radius 1 is 1.06 bits per heavy atom. The third-order valence-electron chi connectivity index (χ3n) is 5.12. The van der Waals surface area contributed by atoms with Crippen molar-refractivity contribution in [3.8, 4) is 5.75 Å². The molecule has 1 N–H and O–H groups in total. The quantitative estimate of drug-likeness (QED) is 0.509. The summed E-state index contributed by atoms with van der Waals surface area (Å²) in [6.07, 6.45) is 0.985. The van der Waals surface area contributed by atoms with Crippen LogP contribution in [0.1, 0.15) is 19.8 Å². The average Bonchev–Trinajstić information content (AvgIpc) is 3.09. The van der Waals surface area contributed by atoms with E-state index in [2.05, 4.69) is 5.32 Å². The van der Waals surface area contributed by atoms with Gasteiger partial charge in [-0.1, -0.05) is 37.3 Å². The molecule has 7 heteroatoms. The maximum Gasteiger partial charge on any atom is 0.247 e. The number of fused-ring (bicyclic) bond motifs is 1. The zero-order valence-corrected chi connectivity index (χ0v) is 18.6. The van der Waals surface area contributed by atoms with Crippen LogP contribution in [0.4, 0.5) is 11.4 Å². The lowest BCUT2D eigenvalue weighted by molar-refractivity contribution is -0.121. The standard InChI is InChI=1S/C25H24N2O4S/c1-2-13-31-21-11-9-20(10-12-21)27-24(29)15-22(25(27)30)32-16-23(28)26-19-8-7-17-5-3-4-6-18(17)14-19/h3-12,14,22H,2,13,15-16H2,1H3,(H,26,28)/t22-/m0/s1. The van der Waals surface area contributed by atoms with Gasteiger partial charge in [-0.15, -0.1) is 11.8 Å². The number of amides is 3. The lowest BCUT2D eigenvalue weighted by atomic mass is 10.1. The molecule has 1 heterocycles. The molecule has 6 nitrogen and oxygen atoms in total. The second kappa shape index (κ2) is 9.87. The zero-order chi connectivity index (χ0) is 22.5. The lowest BCUT2D eigenvalue weighted by Crippen LogP contribution is -2.31. The van der Waals surface area contributed by atoms with E-state index >= 15 is 0 Å². The van der Waals surface area contributed by atoms with E-state index in [9.17, 15) is 14.4 Å². The van der Waals surface area contributed by atoms with Gasteiger partial charge < -0.3 is 10.1 Å². The van der Waals surface area contributed by atoms with Gasteiger partial charge in [-0.25, -0.2) is 4.90 Å². The number of hydrogen-bond donors (Lipinski definition) is 1. The fraction of sp³-hybridized carbons (Fsp3) is 0.240. The highest BCUT2D eigenvalue weighted by atomic mass is 32.2. The first-order valence-electron chi connectivity index (χ1n) is 10.5. The minimum absolute atomic E-state index is 0.0842. The zero-order valence-electron chi connectivity index (χ0n) is 17.7. The van der Waals surface area contributed by atoms with E-state index in [0.29, 0.717) is 23.7 Å². The van der Waals surface area contributed by atoms with Crippen LogP contribution in [0, 0.1) is 0 Å². The molecule has 3 aromatic carbocycles. The smallest absolute Gasteiger partial charge is 0.247 e. The van der Waals surface area contributed by atoms with E-state index in [0.717, 1.165) is 17.2 Å². The van der Waals surface area contributed by atoms with Crippen molar-refractivity contribution in [2.24, 2.45) is 0 Å². The molecule has 1 fully saturated rings. The van der Waals surface area contributed by atoms with E-state index in [4.69, 9.17) is 4.74 Å². The largest absolute Gasteiger partial charge is 0.494 e. The van der Waals surface area contributed by atoms with E-state index in [1.54, 1.807) is 24.3 Å². The molecule has 0 unspecified atom stereocenters. The van der Waals surface area contributed by atoms with Crippen LogP contribution in [0.3, 0.4) is 0 Å². The number of imide groups is 1. The van der Waals surface area contributed by atoms with Gasteiger partial charge >= 0.3 is 0 Å². The van der Waals surface area contributed by atoms with Gasteiger partial charge in [0.15, 0.2) is 0 Å². The number of carbonyl (C=O) groups is 3. The molecule has 32 heavy (non-hydrogen) atoms. The highest BCUT2D eigenvalue weighted by Gasteiger charge is 2.40. The lowest BCUT2D eigenvalue weighted by Gasteiger charge is -2.15. The molecule has 0 aliphatic carbocycles. The predicted molar refractivity (Wildman–Crippen MR) is 128 cm³/mol. The van der Waals surface area contributed by atoms with Crippen LogP contribution >= 0.6 is 11.8 Å². The third kappa shape index (κ3) is 4.94. The molecule has 0 radical (unpaired) electrons. The van der Waals surface area contributed by atoms with Crippen LogP contribution in [-0.2, 0) is 14.4 Å². The van der Waals surface area contributed by atoms with E-state index in [-0.39, 0.29) is 29.9 Å². The van der Waals surface area contributed by atoms with Gasteiger partial charge in [0.25, 0.3) is 0 Å². The average molecular weight is 449 g/mol. The topological polar surface area (TPSA) is 75.7 Å². The van der Waals surface area contributed by atoms with Crippen LogP contribution in [-0.4, -0.2) is 35.3 Å². The molecule has 1 aliphatic heterocycles. The number of nitrogens with one attached hydrogen (secondary N) is 1. The second-order valence-electron chi connectivity index (χ2n) is 7.52. The number of anilines is 2. The van der Waals surface area contributed by atoms with Gasteiger partial charge in [-0.3, -0.25) is 14.4 Å². The van der Waals surface area contributed by atoms with Crippen molar-refractivity contribution < 1.29 is 19.1 Å². The fourth-order valence-corrected chi connectivity index (χ4v) is 4.49. The van der Waals surface area contributed by atoms with Gasteiger partial charge in [0, 0.05) is 12.1 Å². The van der Waals surface area contributed by atoms with Crippen LogP contribution in [0.15, 0.2) is 66.7 Å². The highest BCUT2D eigenvalue weighted by Crippen LogP contribution is 2.31. The number of ether oxygens (including phenoxy) is 1. The van der Waals surface area contributed by atoms with Crippen LogP contribution in [0.25, 0.3) is 10.8 Å². The summed E-state index contributed by atoms with van der Waals surface area (Å²) in [7, 11) is 0. The summed E-state index contributed by atoms with van der Waals surface area (Å²) < 4.78 is 5.55. The number of hydrogen-bond acceptors (Lipinski definition) is 5. The number of nitrogens with zero attached hydrogens (tertiary/aromatic N) is 1. The maximum absolute atomic E-state index is 12.8. The number of carbonyl (C=O) groups excluding carboxylic acids is 3. The Labute approximate surface area is 190 Å². The van der Waals surface area contributed by atoms with Crippen molar-refractivity contribution in [3.63, 3.8) is 0 Å². The van der Waals surface area contributed by atoms with Gasteiger partial charge in [0.2, 0.25) is 17.7 Å². The first-order chi connectivity index (χ1) is 15.5. The molecular formula is C25H24N2O4S. The van der Waals surface area contributed by atoms with Crippen molar-refractivity contribution >= 4 is 51.6 Å². The summed E-state index contributed by atoms with van der Waals surface area (Å²) in [5.41, 5.74) is 1.22. The van der Waals surface area contributed by atoms with E-state index in [1.807, 2.05) is 49.4 Å². The maximum atomic E-state index is 12.8. The van der Waals surface area contributed by atoms with Crippen molar-refractivity contribution in [1.82, 2.24) is 0 Å². The Morgan fingerprint density at radius 3 is 2.56 bits per heavy atom. The third-order valence-corrected chi connectivity index (χ3v) is 6.32. The van der Waals surface area contributed by atoms with Crippen LogP contribution in [0.5, 0.6) is 5.75 Å². The summed E-state index contributed by atoms with van der Waals surface area (Å²) in [6, 6.07) is 20.6. The number of benzene rings is 3. The first-order valence-corrected chi connectivity index (χ1v) is 11.6. The number of thioether (sulfide) groups is 1. The van der Waals surface area contributed by atoms with Crippen LogP contribution < -0.4 is 15.0 Å². The Balaban J connectivity index is 1.34. The Kier molecular flexibility index (Phi) is 6.75. The molecule has 164 valence electrons. The predicted octanol–water partition coefficient (Wildman–Crippen LogP) is 4.63. The van der Waals surface area contributed by atoms with E-state index in [1.165, 1.54) is 16.7 Å². The summed E-state index contributed by atoms with van der Waals surface area (Å²) >= 11 is 1.19. The molecule has 3 amide bonds. The molecule has 0 spiro atoms. The first kappa shape index (κ1) is 21.9. The fourth-order valence-electron chi connectivity index (χ4n) is 3.56. The summed E-state index contributed by atoms with van der Waals surface area (Å²) in [5.74, 6) is 0.0338. The molecule has 0 aromatic heterocycles. The molecule has 1 aliphatic rings. The van der Waals surface area contributed by atoms with Gasteiger partial charge in [0.05, 0.1) is 23.3 Å². The molecule has 1 saturated heterocycles. The summed E-state index contributed by atoms with van der Waals surface area (Å²) in [4.78, 5) is 38.9. The van der Waals surface area contributed by atoms with Crippen LogP contribution in [0.2, 0.25) is 0 Å². The normalized spacial score (nSPS) is 15.9. The Hall–Kier alpha value is -3.32. The van der Waals surface area contributed by atoms with Gasteiger partial charge in [-0.2, -0.15) is 0 Å². The molecular weight excluding hydrogens is 424 g/mol. The SMILES string of the molecule is CCCOc1ccc(N2C(=O)C[C@H](SCC(=O)Nc3ccc4ccccc4c3)C2=O)cc1. The summed E-state index contributed by atoms with van der Waals surface area (Å²) in [5, 5.41) is 4.43. The monoisotopic (exact) mass is 448 g/mol. The molecule has 4 rings (SSSR count).